The Morgan fingerprint density at radius 1 is 1.05 bits per heavy atom. The lowest BCUT2D eigenvalue weighted by Crippen LogP contribution is -2.30. The summed E-state index contributed by atoms with van der Waals surface area (Å²) in [4.78, 5) is 0. The largest absolute Gasteiger partial charge is 0.271 e. The number of nitrogens with one attached hydrogen (secondary N) is 1. The molecule has 0 aliphatic carbocycles. The molecule has 106 valence electrons. The van der Waals surface area contributed by atoms with Crippen LogP contribution in [0.25, 0.3) is 0 Å². The van der Waals surface area contributed by atoms with Gasteiger partial charge in [-0.15, -0.1) is 0 Å². The number of hydrogen-bond acceptors (Lipinski definition) is 2. The summed E-state index contributed by atoms with van der Waals surface area (Å²) in [6.07, 6.45) is 0.671. The molecule has 0 bridgehead atoms. The van der Waals surface area contributed by atoms with Crippen molar-refractivity contribution in [1.29, 1.82) is 0 Å². The third-order valence-corrected chi connectivity index (χ3v) is 3.66. The number of hydrazine groups is 1. The van der Waals surface area contributed by atoms with Gasteiger partial charge < -0.3 is 0 Å². The first-order valence-electron chi connectivity index (χ1n) is 6.79. The topological polar surface area (TPSA) is 38.0 Å². The highest BCUT2D eigenvalue weighted by atomic mass is 19.1. The predicted octanol–water partition coefficient (Wildman–Crippen LogP) is 3.50. The van der Waals surface area contributed by atoms with Gasteiger partial charge in [0.2, 0.25) is 0 Å². The molecule has 20 heavy (non-hydrogen) atoms. The molecule has 0 aromatic heterocycles. The second-order valence-electron chi connectivity index (χ2n) is 5.38. The summed E-state index contributed by atoms with van der Waals surface area (Å²) in [6.45, 7) is 6.07. The van der Waals surface area contributed by atoms with Crippen molar-refractivity contribution < 1.29 is 4.39 Å². The predicted molar refractivity (Wildman–Crippen MR) is 80.8 cm³/mol. The van der Waals surface area contributed by atoms with Gasteiger partial charge in [0.15, 0.2) is 0 Å². The van der Waals surface area contributed by atoms with Gasteiger partial charge in [-0.1, -0.05) is 41.5 Å². The number of hydrogen-bond donors (Lipinski definition) is 2. The maximum absolute atomic E-state index is 14.0. The molecule has 3 N–H and O–H groups in total. The van der Waals surface area contributed by atoms with Gasteiger partial charge >= 0.3 is 0 Å². The first-order chi connectivity index (χ1) is 9.51. The summed E-state index contributed by atoms with van der Waals surface area (Å²) >= 11 is 0. The fourth-order valence-corrected chi connectivity index (χ4v) is 2.43. The van der Waals surface area contributed by atoms with E-state index in [-0.39, 0.29) is 11.9 Å². The summed E-state index contributed by atoms with van der Waals surface area (Å²) in [5, 5.41) is 0. The van der Waals surface area contributed by atoms with E-state index in [9.17, 15) is 4.39 Å². The molecule has 1 unspecified atom stereocenters. The first-order valence-corrected chi connectivity index (χ1v) is 6.79. The van der Waals surface area contributed by atoms with Gasteiger partial charge in [-0.05, 0) is 44.4 Å². The van der Waals surface area contributed by atoms with E-state index in [2.05, 4.69) is 37.5 Å². The van der Waals surface area contributed by atoms with Crippen LogP contribution in [0, 0.1) is 26.6 Å². The molecule has 0 heterocycles. The van der Waals surface area contributed by atoms with Crippen molar-refractivity contribution in [1.82, 2.24) is 5.43 Å². The van der Waals surface area contributed by atoms with Crippen LogP contribution in [0.1, 0.15) is 33.9 Å². The van der Waals surface area contributed by atoms with E-state index >= 15 is 0 Å². The number of nitrogens with two attached hydrogens (primary N) is 1. The Kier molecular flexibility index (Phi) is 4.53. The summed E-state index contributed by atoms with van der Waals surface area (Å²) < 4.78 is 14.0. The Balaban J connectivity index is 2.33. The SMILES string of the molecule is Cc1ccc(C)c(CC(NN)c2cc(C)ccc2F)c1. The van der Waals surface area contributed by atoms with Gasteiger partial charge in [0.05, 0.1) is 6.04 Å². The van der Waals surface area contributed by atoms with E-state index in [1.807, 2.05) is 13.0 Å². The van der Waals surface area contributed by atoms with Crippen LogP contribution in [-0.4, -0.2) is 0 Å². The molecule has 2 aromatic rings. The number of halogens is 1. The first kappa shape index (κ1) is 14.7. The van der Waals surface area contributed by atoms with Gasteiger partial charge in [0.25, 0.3) is 0 Å². The van der Waals surface area contributed by atoms with E-state index < -0.39 is 0 Å². The quantitative estimate of drug-likeness (QED) is 0.660. The zero-order chi connectivity index (χ0) is 14.7. The van der Waals surface area contributed by atoms with E-state index in [1.165, 1.54) is 22.8 Å². The molecule has 0 radical (unpaired) electrons. The lowest BCUT2D eigenvalue weighted by atomic mass is 9.94. The van der Waals surface area contributed by atoms with E-state index in [1.54, 1.807) is 6.07 Å². The number of benzene rings is 2. The van der Waals surface area contributed by atoms with Crippen LogP contribution in [0.4, 0.5) is 4.39 Å². The fraction of sp³-hybridized carbons (Fsp3) is 0.294. The Bertz CT molecular complexity index is 608. The third kappa shape index (κ3) is 3.24. The Labute approximate surface area is 119 Å². The average molecular weight is 272 g/mol. The average Bonchev–Trinajstić information content (AvgIpc) is 2.42. The Hall–Kier alpha value is -1.71. The van der Waals surface area contributed by atoms with Crippen LogP contribution >= 0.6 is 0 Å². The lowest BCUT2D eigenvalue weighted by Gasteiger charge is -2.19. The van der Waals surface area contributed by atoms with Crippen LogP contribution in [0.3, 0.4) is 0 Å². The Morgan fingerprint density at radius 2 is 1.70 bits per heavy atom. The molecular formula is C17H21FN2. The molecule has 0 amide bonds. The second-order valence-corrected chi connectivity index (χ2v) is 5.38. The highest BCUT2D eigenvalue weighted by molar-refractivity contribution is 5.34. The van der Waals surface area contributed by atoms with Crippen LogP contribution in [0.15, 0.2) is 36.4 Å². The van der Waals surface area contributed by atoms with Crippen molar-refractivity contribution in [3.63, 3.8) is 0 Å². The molecule has 0 saturated heterocycles. The van der Waals surface area contributed by atoms with E-state index in [4.69, 9.17) is 5.84 Å². The second kappa shape index (κ2) is 6.16. The summed E-state index contributed by atoms with van der Waals surface area (Å²) in [5.41, 5.74) is 7.98. The fourth-order valence-electron chi connectivity index (χ4n) is 2.43. The zero-order valence-corrected chi connectivity index (χ0v) is 12.2. The minimum atomic E-state index is -0.226. The highest BCUT2D eigenvalue weighted by Gasteiger charge is 2.16. The molecule has 1 atom stereocenters. The van der Waals surface area contributed by atoms with Gasteiger partial charge in [-0.2, -0.15) is 0 Å². The minimum Gasteiger partial charge on any atom is -0.271 e. The summed E-state index contributed by atoms with van der Waals surface area (Å²) in [5.74, 6) is 5.42. The molecule has 0 fully saturated rings. The van der Waals surface area contributed by atoms with Gasteiger partial charge in [-0.25, -0.2) is 4.39 Å². The van der Waals surface area contributed by atoms with Gasteiger partial charge in [0.1, 0.15) is 5.82 Å². The maximum Gasteiger partial charge on any atom is 0.128 e. The normalized spacial score (nSPS) is 12.4. The standard InChI is InChI=1S/C17H21FN2/c1-11-4-6-13(3)14(8-11)10-17(20-19)15-9-12(2)5-7-16(15)18/h4-9,17,20H,10,19H2,1-3H3. The zero-order valence-electron chi connectivity index (χ0n) is 12.2. The van der Waals surface area contributed by atoms with Crippen molar-refractivity contribution in [3.05, 3.63) is 70.0 Å². The molecule has 3 heteroatoms. The van der Waals surface area contributed by atoms with Crippen molar-refractivity contribution >= 4 is 0 Å². The monoisotopic (exact) mass is 272 g/mol. The maximum atomic E-state index is 14.0. The van der Waals surface area contributed by atoms with Crippen molar-refractivity contribution in [2.24, 2.45) is 5.84 Å². The molecule has 2 aromatic carbocycles. The van der Waals surface area contributed by atoms with Crippen LogP contribution < -0.4 is 11.3 Å². The van der Waals surface area contributed by atoms with Crippen LogP contribution in [0.2, 0.25) is 0 Å². The third-order valence-electron chi connectivity index (χ3n) is 3.66. The van der Waals surface area contributed by atoms with Crippen molar-refractivity contribution in [2.45, 2.75) is 33.2 Å². The van der Waals surface area contributed by atoms with Gasteiger partial charge in [-0.3, -0.25) is 11.3 Å². The van der Waals surface area contributed by atoms with Crippen molar-refractivity contribution in [2.75, 3.05) is 0 Å². The van der Waals surface area contributed by atoms with Crippen molar-refractivity contribution in [3.8, 4) is 0 Å². The number of aryl methyl sites for hydroxylation is 3. The highest BCUT2D eigenvalue weighted by Crippen LogP contribution is 2.24. The summed E-state index contributed by atoms with van der Waals surface area (Å²) in [6, 6.07) is 11.2. The Morgan fingerprint density at radius 3 is 2.40 bits per heavy atom. The minimum absolute atomic E-state index is 0.219. The lowest BCUT2D eigenvalue weighted by molar-refractivity contribution is 0.509. The molecule has 0 spiro atoms. The van der Waals surface area contributed by atoms with Gasteiger partial charge in [0, 0.05) is 5.56 Å². The van der Waals surface area contributed by atoms with E-state index in [0.29, 0.717) is 12.0 Å². The van der Waals surface area contributed by atoms with Crippen LogP contribution in [0.5, 0.6) is 0 Å². The van der Waals surface area contributed by atoms with E-state index in [0.717, 1.165) is 5.56 Å². The smallest absolute Gasteiger partial charge is 0.128 e. The molecule has 0 saturated carbocycles. The molecular weight excluding hydrogens is 251 g/mol. The summed E-state index contributed by atoms with van der Waals surface area (Å²) in [7, 11) is 0. The molecule has 2 rings (SSSR count). The molecule has 0 aliphatic heterocycles. The molecule has 2 nitrogen and oxygen atoms in total. The van der Waals surface area contributed by atoms with Crippen LogP contribution in [-0.2, 0) is 6.42 Å². The molecule has 0 aliphatic rings. The number of rotatable bonds is 4.